The fourth-order valence-corrected chi connectivity index (χ4v) is 6.32. The van der Waals surface area contributed by atoms with Crippen molar-refractivity contribution in [3.05, 3.63) is 152 Å². The van der Waals surface area contributed by atoms with Gasteiger partial charge in [-0.2, -0.15) is 0 Å². The Labute approximate surface area is 259 Å². The van der Waals surface area contributed by atoms with Crippen molar-refractivity contribution in [2.45, 2.75) is 0 Å². The van der Waals surface area contributed by atoms with Gasteiger partial charge in [-0.1, -0.05) is 127 Å². The van der Waals surface area contributed by atoms with Crippen molar-refractivity contribution >= 4 is 43.5 Å². The van der Waals surface area contributed by atoms with E-state index in [-0.39, 0.29) is 0 Å². The molecule has 0 saturated heterocycles. The van der Waals surface area contributed by atoms with Crippen molar-refractivity contribution in [3.63, 3.8) is 0 Å². The molecule has 0 radical (unpaired) electrons. The maximum atomic E-state index is 6.39. The topological polar surface area (TPSA) is 51.8 Å². The van der Waals surface area contributed by atoms with E-state index >= 15 is 0 Å². The van der Waals surface area contributed by atoms with Gasteiger partial charge in [-0.15, -0.1) is 0 Å². The number of aromatic nitrogens is 3. The molecule has 0 atom stereocenters. The van der Waals surface area contributed by atoms with Crippen LogP contribution in [0.1, 0.15) is 0 Å². The highest BCUT2D eigenvalue weighted by molar-refractivity contribution is 6.13. The lowest BCUT2D eigenvalue weighted by Gasteiger charge is -2.11. The minimum absolute atomic E-state index is 0.608. The summed E-state index contributed by atoms with van der Waals surface area (Å²) in [5.74, 6) is 1.87. The van der Waals surface area contributed by atoms with Gasteiger partial charge in [-0.3, -0.25) is 0 Å². The average Bonchev–Trinajstić information content (AvgIpc) is 3.49. The fourth-order valence-electron chi connectivity index (χ4n) is 6.32. The Morgan fingerprint density at radius 2 is 1.00 bits per heavy atom. The Morgan fingerprint density at radius 1 is 0.356 bits per heavy atom. The Hall–Kier alpha value is -6.13. The summed E-state index contributed by atoms with van der Waals surface area (Å²) in [6, 6.07) is 52.3. The van der Waals surface area contributed by atoms with E-state index in [2.05, 4.69) is 109 Å². The molecular formula is C41H25N3O. The van der Waals surface area contributed by atoms with Crippen molar-refractivity contribution in [3.8, 4) is 45.3 Å². The summed E-state index contributed by atoms with van der Waals surface area (Å²) in [5.41, 5.74) is 6.72. The molecule has 0 aliphatic carbocycles. The summed E-state index contributed by atoms with van der Waals surface area (Å²) in [7, 11) is 0. The monoisotopic (exact) mass is 575 g/mol. The molecule has 0 aliphatic rings. The zero-order valence-corrected chi connectivity index (χ0v) is 24.2. The van der Waals surface area contributed by atoms with Crippen LogP contribution < -0.4 is 0 Å². The predicted octanol–water partition coefficient (Wildman–Crippen LogP) is 10.7. The lowest BCUT2D eigenvalue weighted by molar-refractivity contribution is 0.669. The first kappa shape index (κ1) is 25.4. The average molecular weight is 576 g/mol. The highest BCUT2D eigenvalue weighted by Crippen LogP contribution is 2.39. The molecule has 210 valence electrons. The van der Waals surface area contributed by atoms with E-state index in [0.717, 1.165) is 60.5 Å². The van der Waals surface area contributed by atoms with E-state index in [1.165, 1.54) is 10.8 Å². The van der Waals surface area contributed by atoms with Crippen LogP contribution in [-0.2, 0) is 0 Å². The zero-order valence-electron chi connectivity index (χ0n) is 24.2. The maximum absolute atomic E-state index is 6.39. The van der Waals surface area contributed by atoms with Gasteiger partial charge in [0.25, 0.3) is 0 Å². The Kier molecular flexibility index (Phi) is 5.78. The number of nitrogens with zero attached hydrogens (tertiary/aromatic N) is 3. The predicted molar refractivity (Wildman–Crippen MR) is 184 cm³/mol. The van der Waals surface area contributed by atoms with Gasteiger partial charge < -0.3 is 4.42 Å². The molecule has 2 aromatic heterocycles. The first-order valence-electron chi connectivity index (χ1n) is 15.0. The van der Waals surface area contributed by atoms with Crippen LogP contribution in [0.4, 0.5) is 0 Å². The third-order valence-corrected chi connectivity index (χ3v) is 8.52. The molecule has 4 nitrogen and oxygen atoms in total. The van der Waals surface area contributed by atoms with E-state index in [1.807, 2.05) is 42.5 Å². The lowest BCUT2D eigenvalue weighted by Crippen LogP contribution is -2.00. The molecule has 0 unspecified atom stereocenters. The number of fused-ring (bicyclic) bond motifs is 5. The third kappa shape index (κ3) is 4.35. The molecular weight excluding hydrogens is 550 g/mol. The first-order valence-corrected chi connectivity index (χ1v) is 15.0. The van der Waals surface area contributed by atoms with Gasteiger partial charge in [0, 0.05) is 27.5 Å². The molecule has 0 fully saturated rings. The number of hydrogen-bond acceptors (Lipinski definition) is 4. The summed E-state index contributed by atoms with van der Waals surface area (Å²) >= 11 is 0. The smallest absolute Gasteiger partial charge is 0.164 e. The van der Waals surface area contributed by atoms with Crippen molar-refractivity contribution in [1.82, 2.24) is 15.0 Å². The Bertz CT molecular complexity index is 2540. The summed E-state index contributed by atoms with van der Waals surface area (Å²) in [6.45, 7) is 0. The molecule has 45 heavy (non-hydrogen) atoms. The third-order valence-electron chi connectivity index (χ3n) is 8.52. The van der Waals surface area contributed by atoms with Crippen molar-refractivity contribution in [2.24, 2.45) is 0 Å². The van der Waals surface area contributed by atoms with E-state index < -0.39 is 0 Å². The first-order chi connectivity index (χ1) is 22.3. The summed E-state index contributed by atoms with van der Waals surface area (Å²) in [6.07, 6.45) is 0. The van der Waals surface area contributed by atoms with Crippen LogP contribution in [0, 0.1) is 0 Å². The minimum Gasteiger partial charge on any atom is -0.456 e. The molecule has 9 aromatic rings. The molecule has 0 N–H and O–H groups in total. The van der Waals surface area contributed by atoms with Gasteiger partial charge in [0.05, 0.1) is 0 Å². The molecule has 0 spiro atoms. The van der Waals surface area contributed by atoms with Crippen LogP contribution >= 0.6 is 0 Å². The summed E-state index contributed by atoms with van der Waals surface area (Å²) in [4.78, 5) is 15.2. The normalized spacial score (nSPS) is 11.6. The number of hydrogen-bond donors (Lipinski definition) is 0. The molecule has 4 heteroatoms. The molecule has 2 heterocycles. The Morgan fingerprint density at radius 3 is 1.89 bits per heavy atom. The minimum atomic E-state index is 0.608. The standard InChI is InChI=1S/C41H25N3O/c1-2-12-28(13-3-1)39-42-40(33-17-8-15-27-11-6-7-16-32(27)33)44-41(43-39)34-18-9-19-37-38(34)35-25-31(22-23-36(35)45-37)30-21-20-26-10-4-5-14-29(26)24-30/h1-25H. The summed E-state index contributed by atoms with van der Waals surface area (Å²) < 4.78 is 6.39. The van der Waals surface area contributed by atoms with Crippen LogP contribution in [0.3, 0.4) is 0 Å². The van der Waals surface area contributed by atoms with Gasteiger partial charge in [0.2, 0.25) is 0 Å². The van der Waals surface area contributed by atoms with Crippen LogP contribution in [0.25, 0.3) is 88.8 Å². The fraction of sp³-hybridized carbons (Fsp3) is 0. The van der Waals surface area contributed by atoms with Crippen LogP contribution in [0.2, 0.25) is 0 Å². The highest BCUT2D eigenvalue weighted by atomic mass is 16.3. The van der Waals surface area contributed by atoms with E-state index in [9.17, 15) is 0 Å². The van der Waals surface area contributed by atoms with Gasteiger partial charge in [-0.05, 0) is 56.9 Å². The van der Waals surface area contributed by atoms with Crippen molar-refractivity contribution in [2.75, 3.05) is 0 Å². The number of furan rings is 1. The molecule has 0 aliphatic heterocycles. The summed E-state index contributed by atoms with van der Waals surface area (Å²) in [5, 5.41) is 6.70. The SMILES string of the molecule is c1ccc(-c2nc(-c3cccc4ccccc34)nc(-c3cccc4oc5ccc(-c6ccc7ccccc7c6)cc5c34)n2)cc1. The van der Waals surface area contributed by atoms with Crippen molar-refractivity contribution in [1.29, 1.82) is 0 Å². The second-order valence-corrected chi connectivity index (χ2v) is 11.3. The van der Waals surface area contributed by atoms with Gasteiger partial charge in [0.1, 0.15) is 11.2 Å². The molecule has 0 bridgehead atoms. The van der Waals surface area contributed by atoms with Gasteiger partial charge in [-0.25, -0.2) is 15.0 Å². The molecule has 0 saturated carbocycles. The van der Waals surface area contributed by atoms with E-state index in [0.29, 0.717) is 17.5 Å². The van der Waals surface area contributed by atoms with Gasteiger partial charge >= 0.3 is 0 Å². The maximum Gasteiger partial charge on any atom is 0.164 e. The molecule has 9 rings (SSSR count). The highest BCUT2D eigenvalue weighted by Gasteiger charge is 2.19. The lowest BCUT2D eigenvalue weighted by atomic mass is 9.98. The number of benzene rings is 7. The van der Waals surface area contributed by atoms with E-state index in [4.69, 9.17) is 19.4 Å². The Balaban J connectivity index is 1.28. The molecule has 7 aromatic carbocycles. The largest absolute Gasteiger partial charge is 0.456 e. The van der Waals surface area contributed by atoms with Crippen LogP contribution in [-0.4, -0.2) is 15.0 Å². The van der Waals surface area contributed by atoms with Crippen molar-refractivity contribution < 1.29 is 4.42 Å². The van der Waals surface area contributed by atoms with Crippen LogP contribution in [0.15, 0.2) is 156 Å². The molecule has 0 amide bonds. The zero-order chi connectivity index (χ0) is 29.7. The van der Waals surface area contributed by atoms with Crippen LogP contribution in [0.5, 0.6) is 0 Å². The van der Waals surface area contributed by atoms with E-state index in [1.54, 1.807) is 0 Å². The number of rotatable bonds is 4. The quantitative estimate of drug-likeness (QED) is 0.209. The second-order valence-electron chi connectivity index (χ2n) is 11.3. The second kappa shape index (κ2) is 10.2. The van der Waals surface area contributed by atoms with Gasteiger partial charge in [0.15, 0.2) is 17.5 Å².